The predicted octanol–water partition coefficient (Wildman–Crippen LogP) is 3.79. The van der Waals surface area contributed by atoms with E-state index in [1.54, 1.807) is 18.7 Å². The van der Waals surface area contributed by atoms with Gasteiger partial charge in [-0.15, -0.1) is 0 Å². The second kappa shape index (κ2) is 8.08. The summed E-state index contributed by atoms with van der Waals surface area (Å²) in [5.41, 5.74) is 3.48. The number of rotatable bonds is 4. The fraction of sp³-hybridized carbons (Fsp3) is 0.308. The third kappa shape index (κ3) is 3.15. The number of benzene rings is 2. The van der Waals surface area contributed by atoms with E-state index in [9.17, 15) is 9.59 Å². The maximum Gasteiger partial charge on any atom is 0.331 e. The summed E-state index contributed by atoms with van der Waals surface area (Å²) in [7, 11) is 4.88. The summed E-state index contributed by atoms with van der Waals surface area (Å²) in [5, 5.41) is 0.539. The minimum atomic E-state index is -0.444. The molecule has 0 amide bonds. The Hall–Kier alpha value is -3.58. The van der Waals surface area contributed by atoms with Crippen LogP contribution in [0.2, 0.25) is 0 Å². The highest BCUT2D eigenvalue weighted by molar-refractivity contribution is 5.96. The largest absolute Gasteiger partial charge is 0.497 e. The first kappa shape index (κ1) is 21.3. The number of fused-ring (bicyclic) bond motifs is 3. The fourth-order valence-corrected chi connectivity index (χ4v) is 4.94. The van der Waals surface area contributed by atoms with Crippen molar-refractivity contribution in [2.45, 2.75) is 25.5 Å². The minimum Gasteiger partial charge on any atom is -0.497 e. The van der Waals surface area contributed by atoms with Gasteiger partial charge in [-0.3, -0.25) is 13.9 Å². The van der Waals surface area contributed by atoms with Crippen molar-refractivity contribution < 1.29 is 9.47 Å². The van der Waals surface area contributed by atoms with Gasteiger partial charge in [0.2, 0.25) is 0 Å². The molecule has 4 aromatic rings. The molecule has 2 aromatic carbocycles. The van der Waals surface area contributed by atoms with Gasteiger partial charge >= 0.3 is 5.69 Å². The molecular weight excluding hydrogens is 418 g/mol. The highest BCUT2D eigenvalue weighted by Gasteiger charge is 2.36. The van der Waals surface area contributed by atoms with Crippen molar-refractivity contribution in [3.8, 4) is 17.0 Å². The van der Waals surface area contributed by atoms with E-state index < -0.39 is 6.10 Å². The summed E-state index contributed by atoms with van der Waals surface area (Å²) in [6, 6.07) is 17.7. The molecule has 0 fully saturated rings. The van der Waals surface area contributed by atoms with Crippen LogP contribution in [-0.4, -0.2) is 27.4 Å². The average molecular weight is 446 g/mol. The van der Waals surface area contributed by atoms with Crippen LogP contribution in [0.4, 0.5) is 0 Å². The second-order valence-electron chi connectivity index (χ2n) is 8.45. The van der Waals surface area contributed by atoms with Crippen LogP contribution in [0.25, 0.3) is 22.2 Å². The Morgan fingerprint density at radius 2 is 1.79 bits per heavy atom. The lowest BCUT2D eigenvalue weighted by molar-refractivity contribution is 0.0237. The Balaban J connectivity index is 1.97. The minimum absolute atomic E-state index is 0.0317. The van der Waals surface area contributed by atoms with E-state index in [1.165, 1.54) is 11.6 Å². The molecule has 0 saturated carbocycles. The molecular formula is C26H27N3O4. The zero-order valence-electron chi connectivity index (χ0n) is 19.2. The Morgan fingerprint density at radius 3 is 2.48 bits per heavy atom. The van der Waals surface area contributed by atoms with Crippen molar-refractivity contribution in [1.29, 1.82) is 0 Å². The Bertz CT molecular complexity index is 1460. The molecule has 5 rings (SSSR count). The maximum absolute atomic E-state index is 13.5. The van der Waals surface area contributed by atoms with Gasteiger partial charge in [-0.25, -0.2) is 4.79 Å². The van der Waals surface area contributed by atoms with E-state index in [1.807, 2.05) is 54.6 Å². The Morgan fingerprint density at radius 1 is 1.03 bits per heavy atom. The van der Waals surface area contributed by atoms with Crippen molar-refractivity contribution in [2.75, 3.05) is 13.7 Å². The molecule has 0 N–H and O–H groups in total. The first-order chi connectivity index (χ1) is 16.0. The lowest BCUT2D eigenvalue weighted by Gasteiger charge is -2.33. The topological polar surface area (TPSA) is 67.4 Å². The van der Waals surface area contributed by atoms with Crippen LogP contribution in [0.1, 0.15) is 36.7 Å². The number of methoxy groups -OCH3 is 1. The van der Waals surface area contributed by atoms with Gasteiger partial charge in [0.05, 0.1) is 42.0 Å². The molecule has 0 bridgehead atoms. The number of aromatic nitrogens is 3. The van der Waals surface area contributed by atoms with E-state index >= 15 is 0 Å². The van der Waals surface area contributed by atoms with E-state index in [2.05, 4.69) is 11.5 Å². The number of hydrogen-bond donors (Lipinski definition) is 0. The molecule has 7 nitrogen and oxygen atoms in total. The number of ether oxygens (including phenoxy) is 2. The van der Waals surface area contributed by atoms with Crippen LogP contribution in [-0.2, 0) is 18.8 Å². The first-order valence-corrected chi connectivity index (χ1v) is 11.1. The normalized spacial score (nSPS) is 17.8. The number of nitrogens with zero attached hydrogens (tertiary/aromatic N) is 3. The molecule has 0 unspecified atom stereocenters. The molecule has 2 aromatic heterocycles. The molecule has 1 aliphatic rings. The summed E-state index contributed by atoms with van der Waals surface area (Å²) in [4.78, 5) is 26.5. The Kier molecular flexibility index (Phi) is 5.21. The van der Waals surface area contributed by atoms with Crippen molar-refractivity contribution in [3.05, 3.63) is 86.7 Å². The van der Waals surface area contributed by atoms with Crippen molar-refractivity contribution >= 4 is 10.9 Å². The number of aryl methyl sites for hydroxylation is 1. The van der Waals surface area contributed by atoms with E-state index in [0.29, 0.717) is 17.5 Å². The van der Waals surface area contributed by atoms with Crippen molar-refractivity contribution in [3.63, 3.8) is 0 Å². The predicted molar refractivity (Wildman–Crippen MR) is 128 cm³/mol. The highest BCUT2D eigenvalue weighted by atomic mass is 16.5. The van der Waals surface area contributed by atoms with Gasteiger partial charge in [0, 0.05) is 14.1 Å². The van der Waals surface area contributed by atoms with Gasteiger partial charge in [-0.05, 0) is 29.7 Å². The van der Waals surface area contributed by atoms with Gasteiger partial charge < -0.3 is 14.0 Å². The van der Waals surface area contributed by atoms with Gasteiger partial charge in [0.15, 0.2) is 0 Å². The molecule has 0 aliphatic carbocycles. The zero-order valence-corrected chi connectivity index (χ0v) is 19.2. The van der Waals surface area contributed by atoms with Crippen LogP contribution < -0.4 is 16.0 Å². The molecule has 0 saturated heterocycles. The SMILES string of the molecule is CC[C@@H]1CO[C@@H](c2cccc(OC)c2)c2c3c(c(-c4ccccc4)n21)c(=O)n(C)c(=O)n3C. The monoisotopic (exact) mass is 445 g/mol. The third-order valence-corrected chi connectivity index (χ3v) is 6.63. The van der Waals surface area contributed by atoms with Crippen LogP contribution in [0.5, 0.6) is 5.75 Å². The molecule has 1 aliphatic heterocycles. The maximum atomic E-state index is 13.5. The summed E-state index contributed by atoms with van der Waals surface area (Å²) in [5.74, 6) is 0.726. The summed E-state index contributed by atoms with van der Waals surface area (Å²) in [6.45, 7) is 2.61. The van der Waals surface area contributed by atoms with Gasteiger partial charge in [-0.2, -0.15) is 0 Å². The molecule has 33 heavy (non-hydrogen) atoms. The zero-order chi connectivity index (χ0) is 23.3. The Labute approximate surface area is 191 Å². The smallest absolute Gasteiger partial charge is 0.331 e. The molecule has 3 heterocycles. The lowest BCUT2D eigenvalue weighted by atomic mass is 10.0. The summed E-state index contributed by atoms with van der Waals surface area (Å²) >= 11 is 0. The van der Waals surface area contributed by atoms with Gasteiger partial charge in [-0.1, -0.05) is 49.4 Å². The molecule has 170 valence electrons. The molecule has 0 spiro atoms. The van der Waals surface area contributed by atoms with E-state index in [4.69, 9.17) is 9.47 Å². The van der Waals surface area contributed by atoms with Crippen LogP contribution in [0.15, 0.2) is 64.2 Å². The van der Waals surface area contributed by atoms with Crippen LogP contribution >= 0.6 is 0 Å². The summed E-state index contributed by atoms with van der Waals surface area (Å²) in [6.07, 6.45) is 0.382. The third-order valence-electron chi connectivity index (χ3n) is 6.63. The van der Waals surface area contributed by atoms with Crippen molar-refractivity contribution in [2.24, 2.45) is 14.1 Å². The number of hydrogen-bond acceptors (Lipinski definition) is 4. The van der Waals surface area contributed by atoms with Gasteiger partial charge in [0.25, 0.3) is 5.56 Å². The quantitative estimate of drug-likeness (QED) is 0.479. The summed E-state index contributed by atoms with van der Waals surface area (Å²) < 4.78 is 16.8. The van der Waals surface area contributed by atoms with E-state index in [-0.39, 0.29) is 17.3 Å². The van der Waals surface area contributed by atoms with Crippen molar-refractivity contribution in [1.82, 2.24) is 13.7 Å². The van der Waals surface area contributed by atoms with Crippen LogP contribution in [0.3, 0.4) is 0 Å². The van der Waals surface area contributed by atoms with E-state index in [0.717, 1.165) is 34.7 Å². The average Bonchev–Trinajstić information content (AvgIpc) is 3.22. The standard InChI is InChI=1S/C26H27N3O4/c1-5-18-15-33-24(17-12-9-13-19(14-17)32-4)23-22-20(25(30)28(3)26(31)27(22)2)21(29(18)23)16-10-7-6-8-11-16/h6-14,18,24H,5,15H2,1-4H3/t18-,24+/m1/s1. The van der Waals surface area contributed by atoms with Crippen LogP contribution in [0, 0.1) is 0 Å². The lowest BCUT2D eigenvalue weighted by Crippen LogP contribution is -2.37. The van der Waals surface area contributed by atoms with Gasteiger partial charge in [0.1, 0.15) is 11.9 Å². The molecule has 7 heteroatoms. The molecule has 2 atom stereocenters. The fourth-order valence-electron chi connectivity index (χ4n) is 4.94. The second-order valence-corrected chi connectivity index (χ2v) is 8.45. The first-order valence-electron chi connectivity index (χ1n) is 11.1. The molecule has 0 radical (unpaired) electrons. The highest BCUT2D eigenvalue weighted by Crippen LogP contribution is 2.44.